The fraction of sp³-hybridized carbons (Fsp3) is 0.188. The zero-order valence-corrected chi connectivity index (χ0v) is 21.7. The van der Waals surface area contributed by atoms with Crippen molar-refractivity contribution in [3.63, 3.8) is 0 Å². The highest BCUT2D eigenvalue weighted by molar-refractivity contribution is 6.54. The second kappa shape index (κ2) is 11.8. The van der Waals surface area contributed by atoms with Crippen LogP contribution < -0.4 is 0 Å². The number of aromatic hydroxyl groups is 2. The molecule has 39 heavy (non-hydrogen) atoms. The molecule has 1 aliphatic heterocycles. The third kappa shape index (κ3) is 5.49. The predicted octanol–water partition coefficient (Wildman–Crippen LogP) is 6.46. The number of aliphatic imine (C=N–C) groups is 3. The maximum absolute atomic E-state index is 11.8. The number of para-hydroxylation sites is 2. The van der Waals surface area contributed by atoms with Gasteiger partial charge in [-0.05, 0) is 67.6 Å². The maximum Gasteiger partial charge on any atom is 0.180 e. The molecular formula is C32H30N4O3. The maximum atomic E-state index is 11.8. The minimum Gasteiger partial charge on any atom is -0.507 e. The van der Waals surface area contributed by atoms with Crippen LogP contribution in [-0.2, 0) is 0 Å². The quantitative estimate of drug-likeness (QED) is 0.232. The lowest BCUT2D eigenvalue weighted by atomic mass is 9.84. The molecule has 0 fully saturated rings. The number of rotatable bonds is 8. The molecule has 1 aliphatic rings. The first kappa shape index (κ1) is 26.0. The predicted molar refractivity (Wildman–Crippen MR) is 155 cm³/mol. The van der Waals surface area contributed by atoms with E-state index in [1.807, 2.05) is 85.8 Å². The van der Waals surface area contributed by atoms with Crippen molar-refractivity contribution in [1.82, 2.24) is 4.98 Å². The zero-order chi connectivity index (χ0) is 27.2. The molecule has 196 valence electrons. The van der Waals surface area contributed by atoms with Gasteiger partial charge in [0.05, 0.1) is 28.2 Å². The van der Waals surface area contributed by atoms with Crippen LogP contribution in [0.2, 0.25) is 0 Å². The average Bonchev–Trinajstić information content (AvgIpc) is 2.98. The number of phenols is 2. The highest BCUT2D eigenvalue weighted by Gasteiger charge is 2.34. The topological polar surface area (TPSA) is 111 Å². The largest absolute Gasteiger partial charge is 0.507 e. The van der Waals surface area contributed by atoms with E-state index in [1.54, 1.807) is 12.3 Å². The number of hydrogen-bond donors (Lipinski definition) is 3. The highest BCUT2D eigenvalue weighted by atomic mass is 16.3. The first-order chi connectivity index (χ1) is 19.1. The number of benzene rings is 3. The molecule has 2 heterocycles. The Bertz CT molecular complexity index is 1530. The summed E-state index contributed by atoms with van der Waals surface area (Å²) in [6, 6.07) is 25.9. The van der Waals surface area contributed by atoms with Gasteiger partial charge in [-0.1, -0.05) is 49.4 Å². The third-order valence-corrected chi connectivity index (χ3v) is 6.75. The summed E-state index contributed by atoms with van der Waals surface area (Å²) in [5.74, 6) is 0.232. The number of aliphatic hydroxyl groups excluding tert-OH is 1. The number of nitrogens with zero attached hydrogens (tertiary/aromatic N) is 4. The van der Waals surface area contributed by atoms with E-state index in [1.165, 1.54) is 0 Å². The number of aliphatic hydroxyl groups is 1. The van der Waals surface area contributed by atoms with Crippen LogP contribution in [0.1, 0.15) is 54.5 Å². The normalized spacial score (nSPS) is 15.7. The van der Waals surface area contributed by atoms with Gasteiger partial charge in [-0.25, -0.2) is 15.0 Å². The fourth-order valence-electron chi connectivity index (χ4n) is 4.83. The molecule has 3 aromatic carbocycles. The van der Waals surface area contributed by atoms with Crippen LogP contribution >= 0.6 is 0 Å². The van der Waals surface area contributed by atoms with Crippen LogP contribution in [0.5, 0.6) is 11.5 Å². The highest BCUT2D eigenvalue weighted by Crippen LogP contribution is 2.43. The molecular weight excluding hydrogens is 488 g/mol. The monoisotopic (exact) mass is 518 g/mol. The lowest BCUT2D eigenvalue weighted by molar-refractivity contribution is 0.278. The molecule has 7 nitrogen and oxygen atoms in total. The van der Waals surface area contributed by atoms with Crippen molar-refractivity contribution < 1.29 is 15.3 Å². The number of hydrogen-bond acceptors (Lipinski definition) is 6. The van der Waals surface area contributed by atoms with Gasteiger partial charge in [-0.3, -0.25) is 4.98 Å². The van der Waals surface area contributed by atoms with Gasteiger partial charge in [-0.2, -0.15) is 0 Å². The molecule has 1 unspecified atom stereocenters. The number of pyridine rings is 1. The molecule has 1 aromatic heterocycles. The molecule has 0 bridgehead atoms. The van der Waals surface area contributed by atoms with E-state index in [-0.39, 0.29) is 24.0 Å². The Labute approximate surface area is 227 Å². The fourth-order valence-corrected chi connectivity index (χ4v) is 4.83. The lowest BCUT2D eigenvalue weighted by Gasteiger charge is -2.25. The van der Waals surface area contributed by atoms with Gasteiger partial charge >= 0.3 is 0 Å². The Hall–Kier alpha value is -4.62. The van der Waals surface area contributed by atoms with Crippen molar-refractivity contribution >= 4 is 28.6 Å². The Morgan fingerprint density at radius 2 is 1.49 bits per heavy atom. The lowest BCUT2D eigenvalue weighted by Crippen LogP contribution is -2.27. The second-order valence-corrected chi connectivity index (χ2v) is 9.30. The van der Waals surface area contributed by atoms with Crippen molar-refractivity contribution in [2.24, 2.45) is 15.0 Å². The van der Waals surface area contributed by atoms with Crippen molar-refractivity contribution in [3.05, 3.63) is 114 Å². The van der Waals surface area contributed by atoms with Gasteiger partial charge in [-0.15, -0.1) is 0 Å². The summed E-state index contributed by atoms with van der Waals surface area (Å²) in [6.07, 6.45) is 3.65. The van der Waals surface area contributed by atoms with Crippen LogP contribution in [0.25, 0.3) is 0 Å². The van der Waals surface area contributed by atoms with E-state index in [0.717, 1.165) is 6.42 Å². The summed E-state index contributed by atoms with van der Waals surface area (Å²) in [4.78, 5) is 19.1. The summed E-state index contributed by atoms with van der Waals surface area (Å²) < 4.78 is 0. The number of fused-ring (bicyclic) bond motifs is 1. The summed E-state index contributed by atoms with van der Waals surface area (Å²) in [5, 5.41) is 32.8. The van der Waals surface area contributed by atoms with Gasteiger partial charge in [0.1, 0.15) is 22.9 Å². The van der Waals surface area contributed by atoms with E-state index in [0.29, 0.717) is 63.9 Å². The Morgan fingerprint density at radius 1 is 0.821 bits per heavy atom. The Kier molecular flexibility index (Phi) is 7.89. The molecule has 0 amide bonds. The molecule has 0 saturated heterocycles. The van der Waals surface area contributed by atoms with Gasteiger partial charge < -0.3 is 15.3 Å². The van der Waals surface area contributed by atoms with Crippen LogP contribution in [0.4, 0.5) is 11.4 Å². The smallest absolute Gasteiger partial charge is 0.180 e. The van der Waals surface area contributed by atoms with Gasteiger partial charge in [0.2, 0.25) is 0 Å². The minimum atomic E-state index is -0.0628. The molecule has 5 rings (SSSR count). The van der Waals surface area contributed by atoms with E-state index in [4.69, 9.17) is 15.0 Å². The zero-order valence-electron chi connectivity index (χ0n) is 21.7. The SMILES string of the molecule is CCC(CCCO)c1cc(O)c2c(c1O)C(c1ccccn1)=NC(=Nc1ccccc1)C2=Nc1ccccc1. The van der Waals surface area contributed by atoms with Crippen LogP contribution in [0.15, 0.2) is 106 Å². The molecule has 0 spiro atoms. The summed E-state index contributed by atoms with van der Waals surface area (Å²) >= 11 is 0. The number of phenolic OH excluding ortho intramolecular Hbond substituents is 2. The molecule has 4 aromatic rings. The summed E-state index contributed by atoms with van der Waals surface area (Å²) in [7, 11) is 0. The van der Waals surface area contributed by atoms with Crippen molar-refractivity contribution in [3.8, 4) is 11.5 Å². The van der Waals surface area contributed by atoms with Crippen LogP contribution in [0.3, 0.4) is 0 Å². The number of amidine groups is 1. The number of aromatic nitrogens is 1. The van der Waals surface area contributed by atoms with Crippen molar-refractivity contribution in [2.45, 2.75) is 32.1 Å². The van der Waals surface area contributed by atoms with E-state index < -0.39 is 0 Å². The summed E-state index contributed by atoms with van der Waals surface area (Å²) in [6.45, 7) is 2.08. The third-order valence-electron chi connectivity index (χ3n) is 6.75. The van der Waals surface area contributed by atoms with Crippen LogP contribution in [0, 0.1) is 0 Å². The van der Waals surface area contributed by atoms with E-state index >= 15 is 0 Å². The average molecular weight is 519 g/mol. The molecule has 7 heteroatoms. The van der Waals surface area contributed by atoms with Crippen LogP contribution in [-0.4, -0.2) is 44.2 Å². The Morgan fingerprint density at radius 3 is 2.10 bits per heavy atom. The first-order valence-corrected chi connectivity index (χ1v) is 13.1. The molecule has 0 radical (unpaired) electrons. The molecule has 0 aliphatic carbocycles. The van der Waals surface area contributed by atoms with Gasteiger partial charge in [0, 0.05) is 18.4 Å². The standard InChI is InChI=1S/C32H30N4O3/c1-2-21(12-11-19-37)24-20-26(38)27-28(31(24)39)29(25-17-9-10-18-33-25)36-32(35-23-15-7-4-8-16-23)30(27)34-22-13-5-3-6-14-22/h3-10,13-18,20-21,37-39H,2,11-12,19H2,1H3. The van der Waals surface area contributed by atoms with Crippen molar-refractivity contribution in [2.75, 3.05) is 6.61 Å². The minimum absolute atomic E-state index is 0.0246. The Balaban J connectivity index is 1.82. The van der Waals surface area contributed by atoms with E-state index in [9.17, 15) is 15.3 Å². The van der Waals surface area contributed by atoms with Gasteiger partial charge in [0.15, 0.2) is 5.84 Å². The second-order valence-electron chi connectivity index (χ2n) is 9.30. The van der Waals surface area contributed by atoms with Crippen molar-refractivity contribution in [1.29, 1.82) is 0 Å². The molecule has 0 saturated carbocycles. The van der Waals surface area contributed by atoms with Gasteiger partial charge in [0.25, 0.3) is 0 Å². The molecule has 3 N–H and O–H groups in total. The first-order valence-electron chi connectivity index (χ1n) is 13.1. The summed E-state index contributed by atoms with van der Waals surface area (Å²) in [5.41, 5.74) is 3.95. The molecule has 1 atom stereocenters. The van der Waals surface area contributed by atoms with E-state index in [2.05, 4.69) is 4.98 Å².